The van der Waals surface area contributed by atoms with Gasteiger partial charge in [-0.1, -0.05) is 18.9 Å². The molecule has 2 heterocycles. The van der Waals surface area contributed by atoms with Crippen molar-refractivity contribution in [3.8, 4) is 0 Å². The van der Waals surface area contributed by atoms with E-state index >= 15 is 0 Å². The van der Waals surface area contributed by atoms with E-state index in [1.54, 1.807) is 0 Å². The van der Waals surface area contributed by atoms with E-state index in [0.29, 0.717) is 0 Å². The highest BCUT2D eigenvalue weighted by atomic mass is 16.2. The quantitative estimate of drug-likeness (QED) is 0.817. The third-order valence-electron chi connectivity index (χ3n) is 5.43. The van der Waals surface area contributed by atoms with Crippen molar-refractivity contribution >= 4 is 16.9 Å². The summed E-state index contributed by atoms with van der Waals surface area (Å²) in [5.74, 6) is 0. The van der Waals surface area contributed by atoms with Crippen LogP contribution < -0.4 is 5.32 Å². The number of hydrogen-bond donors (Lipinski definition) is 2. The van der Waals surface area contributed by atoms with Crippen LogP contribution in [0.25, 0.3) is 10.9 Å². The highest BCUT2D eigenvalue weighted by Gasteiger charge is 2.14. The van der Waals surface area contributed by atoms with E-state index in [1.165, 1.54) is 44.2 Å². The van der Waals surface area contributed by atoms with Crippen LogP contribution in [0.1, 0.15) is 50.6 Å². The molecule has 0 radical (unpaired) electrons. The molecule has 5 heteroatoms. The Morgan fingerprint density at radius 3 is 2.77 bits per heavy atom. The molecule has 1 aromatic heterocycles. The number of hydrogen-bond acceptors (Lipinski definition) is 2. The first-order valence-electron chi connectivity index (χ1n) is 9.94. The molecular weight excluding hydrogens is 324 g/mol. The van der Waals surface area contributed by atoms with E-state index in [1.807, 2.05) is 25.1 Å². The molecule has 142 valence electrons. The lowest BCUT2D eigenvalue weighted by Gasteiger charge is -2.24. The number of aromatic amines is 1. The van der Waals surface area contributed by atoms with Crippen LogP contribution in [0.5, 0.6) is 0 Å². The highest BCUT2D eigenvalue weighted by molar-refractivity contribution is 5.80. The first-order valence-corrected chi connectivity index (χ1v) is 9.94. The minimum Gasteiger partial charge on any atom is -0.361 e. The van der Waals surface area contributed by atoms with Crippen LogP contribution in [0.3, 0.4) is 0 Å². The SMILES string of the molecule is C[C@@H](NC(=O)N(C)CCCN1CCCCCC1)c1ccc2[nH]ccc2c1. The zero-order valence-electron chi connectivity index (χ0n) is 16.1. The second-order valence-corrected chi connectivity index (χ2v) is 7.53. The van der Waals surface area contributed by atoms with Gasteiger partial charge >= 0.3 is 6.03 Å². The number of likely N-dealkylation sites (tertiary alicyclic amines) is 1. The van der Waals surface area contributed by atoms with Crippen molar-refractivity contribution in [1.82, 2.24) is 20.1 Å². The molecule has 2 amide bonds. The normalized spacial score (nSPS) is 17.0. The maximum absolute atomic E-state index is 12.5. The lowest BCUT2D eigenvalue weighted by Crippen LogP contribution is -2.40. The number of benzene rings is 1. The smallest absolute Gasteiger partial charge is 0.317 e. The molecule has 1 aromatic carbocycles. The Morgan fingerprint density at radius 2 is 2.00 bits per heavy atom. The van der Waals surface area contributed by atoms with E-state index in [-0.39, 0.29) is 12.1 Å². The van der Waals surface area contributed by atoms with Crippen molar-refractivity contribution in [2.75, 3.05) is 33.2 Å². The fourth-order valence-corrected chi connectivity index (χ4v) is 3.71. The number of fused-ring (bicyclic) bond motifs is 1. The molecular formula is C21H32N4O. The molecule has 0 bridgehead atoms. The number of H-pyrrole nitrogens is 1. The predicted molar refractivity (Wildman–Crippen MR) is 107 cm³/mol. The number of amides is 2. The summed E-state index contributed by atoms with van der Waals surface area (Å²) < 4.78 is 0. The molecule has 1 saturated heterocycles. The van der Waals surface area contributed by atoms with Crippen LogP contribution in [0, 0.1) is 0 Å². The minimum absolute atomic E-state index is 0.00234. The van der Waals surface area contributed by atoms with Gasteiger partial charge in [-0.3, -0.25) is 0 Å². The van der Waals surface area contributed by atoms with Gasteiger partial charge in [0.25, 0.3) is 0 Å². The van der Waals surface area contributed by atoms with Gasteiger partial charge in [-0.2, -0.15) is 0 Å². The molecule has 2 N–H and O–H groups in total. The summed E-state index contributed by atoms with van der Waals surface area (Å²) >= 11 is 0. The molecule has 0 unspecified atom stereocenters. The van der Waals surface area contributed by atoms with Gasteiger partial charge in [-0.25, -0.2) is 4.79 Å². The number of nitrogens with zero attached hydrogens (tertiary/aromatic N) is 2. The number of aromatic nitrogens is 1. The molecule has 1 fully saturated rings. The fraction of sp³-hybridized carbons (Fsp3) is 0.571. The summed E-state index contributed by atoms with van der Waals surface area (Å²) in [5, 5.41) is 4.29. The molecule has 0 aliphatic carbocycles. The van der Waals surface area contributed by atoms with Gasteiger partial charge in [0.1, 0.15) is 0 Å². The molecule has 0 spiro atoms. The van der Waals surface area contributed by atoms with Crippen LogP contribution in [0.4, 0.5) is 4.79 Å². The van der Waals surface area contributed by atoms with E-state index < -0.39 is 0 Å². The second kappa shape index (κ2) is 9.08. The van der Waals surface area contributed by atoms with E-state index in [0.717, 1.165) is 30.6 Å². The van der Waals surface area contributed by atoms with Crippen molar-refractivity contribution in [3.05, 3.63) is 36.0 Å². The third kappa shape index (κ3) is 5.01. The van der Waals surface area contributed by atoms with Crippen molar-refractivity contribution in [3.63, 3.8) is 0 Å². The van der Waals surface area contributed by atoms with E-state index in [4.69, 9.17) is 0 Å². The number of carbonyl (C=O) groups is 1. The summed E-state index contributed by atoms with van der Waals surface area (Å²) in [4.78, 5) is 20.0. The average molecular weight is 357 g/mol. The summed E-state index contributed by atoms with van der Waals surface area (Å²) in [6.07, 6.45) is 8.35. The topological polar surface area (TPSA) is 51.4 Å². The lowest BCUT2D eigenvalue weighted by molar-refractivity contribution is 0.200. The van der Waals surface area contributed by atoms with Gasteiger partial charge in [-0.05, 0) is 75.0 Å². The molecule has 1 atom stereocenters. The first-order chi connectivity index (χ1) is 12.6. The number of urea groups is 1. The third-order valence-corrected chi connectivity index (χ3v) is 5.43. The van der Waals surface area contributed by atoms with Gasteiger partial charge < -0.3 is 20.1 Å². The van der Waals surface area contributed by atoms with E-state index in [9.17, 15) is 4.79 Å². The Kier molecular flexibility index (Phi) is 6.56. The van der Waals surface area contributed by atoms with E-state index in [2.05, 4.69) is 39.5 Å². The zero-order valence-corrected chi connectivity index (χ0v) is 16.1. The molecule has 2 aromatic rings. The minimum atomic E-state index is -0.00476. The molecule has 3 rings (SSSR count). The Morgan fingerprint density at radius 1 is 1.23 bits per heavy atom. The zero-order chi connectivity index (χ0) is 18.4. The van der Waals surface area contributed by atoms with Crippen LogP contribution in [-0.4, -0.2) is 54.0 Å². The molecule has 1 aliphatic heterocycles. The van der Waals surface area contributed by atoms with Gasteiger partial charge in [0.15, 0.2) is 0 Å². The number of carbonyl (C=O) groups excluding carboxylic acids is 1. The van der Waals surface area contributed by atoms with Gasteiger partial charge in [0, 0.05) is 25.3 Å². The number of nitrogens with one attached hydrogen (secondary N) is 2. The molecule has 5 nitrogen and oxygen atoms in total. The Labute approximate surface area is 156 Å². The predicted octanol–water partition coefficient (Wildman–Crippen LogP) is 4.14. The summed E-state index contributed by atoms with van der Waals surface area (Å²) in [7, 11) is 1.89. The Hall–Kier alpha value is -2.01. The van der Waals surface area contributed by atoms with Gasteiger partial charge in [0.05, 0.1) is 6.04 Å². The largest absolute Gasteiger partial charge is 0.361 e. The monoisotopic (exact) mass is 356 g/mol. The van der Waals surface area contributed by atoms with Crippen LogP contribution in [0.15, 0.2) is 30.5 Å². The standard InChI is InChI=1S/C21H32N4O/c1-17(18-8-9-20-19(16-18)10-11-22-20)23-21(26)24(2)12-7-15-25-13-5-3-4-6-14-25/h8-11,16-17,22H,3-7,12-15H2,1-2H3,(H,23,26)/t17-/m1/s1. The second-order valence-electron chi connectivity index (χ2n) is 7.53. The summed E-state index contributed by atoms with van der Waals surface area (Å²) in [5.41, 5.74) is 2.25. The van der Waals surface area contributed by atoms with Gasteiger partial charge in [-0.15, -0.1) is 0 Å². The molecule has 26 heavy (non-hydrogen) atoms. The van der Waals surface area contributed by atoms with Gasteiger partial charge in [0.2, 0.25) is 0 Å². The van der Waals surface area contributed by atoms with Crippen LogP contribution in [0.2, 0.25) is 0 Å². The van der Waals surface area contributed by atoms with Crippen LogP contribution >= 0.6 is 0 Å². The maximum atomic E-state index is 12.5. The van der Waals surface area contributed by atoms with Crippen molar-refractivity contribution in [2.24, 2.45) is 0 Å². The van der Waals surface area contributed by atoms with Crippen molar-refractivity contribution < 1.29 is 4.79 Å². The first kappa shape index (κ1) is 18.8. The fourth-order valence-electron chi connectivity index (χ4n) is 3.71. The highest BCUT2D eigenvalue weighted by Crippen LogP contribution is 2.19. The number of rotatable bonds is 6. The summed E-state index contributed by atoms with van der Waals surface area (Å²) in [6.45, 7) is 6.36. The molecule has 0 saturated carbocycles. The Balaban J connectivity index is 1.44. The summed E-state index contributed by atoms with van der Waals surface area (Å²) in [6, 6.07) is 8.33. The lowest BCUT2D eigenvalue weighted by atomic mass is 10.1. The maximum Gasteiger partial charge on any atom is 0.317 e. The van der Waals surface area contributed by atoms with Crippen LogP contribution in [-0.2, 0) is 0 Å². The molecule has 1 aliphatic rings. The van der Waals surface area contributed by atoms with Crippen molar-refractivity contribution in [2.45, 2.75) is 45.1 Å². The Bertz CT molecular complexity index is 703. The average Bonchev–Trinajstić information content (AvgIpc) is 2.96. The van der Waals surface area contributed by atoms with Crippen molar-refractivity contribution in [1.29, 1.82) is 0 Å².